The standard InChI is InChI=1S/C20H28FN3O4.C18H25FN2O3.C17H20FN3O2.C16H21NO3.2C14H18FNO2/c1-20(2,3)11-15-12-24(19(27)28-15)14-4-5-17(16(21)10-14)22-6-8-23(9-7-22)18(26)13-25;1-18(2,3)11-14-12-21(17(22)24-14)13-4-5-16(15(19)10-13)20-6-8-23-9-7-20;1-17(2,3)9-13-10-21(16(22)23-13)12-4-5-15(14(18)8-12)20-7-6-19-11-20;1-11(18)12-5-7-13(8-6-12)17-10-14(20-15(17)19)9-16(2,3)4;1-14(2,3)8-12-9-16(13(17)18-12)11-6-4-10(15)5-7-11;1-14(2,3)8-12-9-16(13(17)18-12)11-6-4-5-10(15)7-11/h4-5,10,15,25H,6-9,11-13H2,1-3H3;4-5,10,14H,6-9,11-12H2,1-3H3;4-8,11,13H,9-10H2,1-3H3;5-8,14H,9-10H2,1-4H3;2*4-7,12H,8-9H2,1-3H3/t15-;14-;13-;14-;2*12-/m000000/s1. The number of carbonyl (C=O) groups excluding carboxylic acids is 8. The van der Waals surface area contributed by atoms with Gasteiger partial charge >= 0.3 is 36.6 Å². The van der Waals surface area contributed by atoms with Gasteiger partial charge in [-0.1, -0.05) is 131 Å². The van der Waals surface area contributed by atoms with E-state index in [9.17, 15) is 60.3 Å². The summed E-state index contributed by atoms with van der Waals surface area (Å²) in [6, 6.07) is 33.4. The fourth-order valence-corrected chi connectivity index (χ4v) is 16.5. The molecule has 0 saturated carbocycles. The number of anilines is 8. The summed E-state index contributed by atoms with van der Waals surface area (Å²) in [5.74, 6) is -2.09. The first-order valence-corrected chi connectivity index (χ1v) is 44.7. The third-order valence-electron chi connectivity index (χ3n) is 22.1. The Morgan fingerprint density at radius 3 is 0.954 bits per heavy atom. The molecule has 1 N–H and O–H groups in total. The lowest BCUT2D eigenvalue weighted by atomic mass is 9.89. The molecule has 6 aromatic carbocycles. The quantitative estimate of drug-likeness (QED) is 0.0504. The Hall–Kier alpha value is -11.5. The van der Waals surface area contributed by atoms with E-state index in [1.807, 2.05) is 9.80 Å². The lowest BCUT2D eigenvalue weighted by molar-refractivity contribution is -0.134. The Kier molecular flexibility index (Phi) is 33.5. The van der Waals surface area contributed by atoms with Crippen molar-refractivity contribution in [2.75, 3.05) is 138 Å². The van der Waals surface area contributed by atoms with E-state index in [4.69, 9.17) is 38.3 Å². The number of hydrogen-bond acceptors (Lipinski definition) is 19. The van der Waals surface area contributed by atoms with Crippen LogP contribution in [0.5, 0.6) is 0 Å². The van der Waals surface area contributed by atoms with Crippen LogP contribution in [0.3, 0.4) is 0 Å². The Labute approximate surface area is 766 Å². The third kappa shape index (κ3) is 30.3. The molecule has 32 heteroatoms. The summed E-state index contributed by atoms with van der Waals surface area (Å²) in [4.78, 5) is 113. The molecule has 0 spiro atoms. The number of ether oxygens (including phenoxy) is 7. The summed E-state index contributed by atoms with van der Waals surface area (Å²) < 4.78 is 109. The second kappa shape index (κ2) is 43.2. The van der Waals surface area contributed by atoms with E-state index in [0.717, 1.165) is 44.2 Å². The molecular weight excluding hydrogens is 1690 g/mol. The molecule has 6 atom stereocenters. The molecule has 1 aromatic heterocycles. The van der Waals surface area contributed by atoms with Crippen LogP contribution >= 0.6 is 0 Å². The summed E-state index contributed by atoms with van der Waals surface area (Å²) in [5, 5.41) is 8.94. The van der Waals surface area contributed by atoms with Crippen molar-refractivity contribution in [3.63, 3.8) is 0 Å². The first kappa shape index (κ1) is 102. The van der Waals surface area contributed by atoms with E-state index >= 15 is 0 Å². The largest absolute Gasteiger partial charge is 0.444 e. The van der Waals surface area contributed by atoms with Gasteiger partial charge in [0.05, 0.1) is 98.6 Å². The van der Waals surface area contributed by atoms with E-state index in [1.54, 1.807) is 117 Å². The Balaban J connectivity index is 0.000000164. The van der Waals surface area contributed by atoms with Crippen LogP contribution in [0.1, 0.15) is 180 Å². The van der Waals surface area contributed by atoms with Gasteiger partial charge in [0.1, 0.15) is 72.3 Å². The van der Waals surface area contributed by atoms with Gasteiger partial charge in [0, 0.05) is 68.6 Å². The molecule has 7 amide bonds. The molecule has 15 rings (SSSR count). The fourth-order valence-electron chi connectivity index (χ4n) is 16.5. The van der Waals surface area contributed by atoms with Gasteiger partial charge < -0.3 is 57.5 Å². The minimum atomic E-state index is -0.509. The van der Waals surface area contributed by atoms with Crippen LogP contribution in [0.25, 0.3) is 5.69 Å². The molecule has 8 saturated heterocycles. The summed E-state index contributed by atoms with van der Waals surface area (Å²) in [6.07, 6.45) is 6.38. The van der Waals surface area contributed by atoms with Crippen molar-refractivity contribution in [2.24, 2.45) is 32.5 Å². The minimum absolute atomic E-state index is 0.0196. The smallest absolute Gasteiger partial charge is 0.414 e. The maximum Gasteiger partial charge on any atom is 0.414 e. The number of nitrogens with zero attached hydrogens (tertiary/aromatic N) is 11. The SMILES string of the molecule is CC(=O)c1ccc(N2C[C@H](CC(C)(C)C)OC2=O)cc1.CC(C)(C)C[C@H]1CN(c2ccc(-n3ccnc3)c(F)c2)C(=O)O1.CC(C)(C)C[C@H]1CN(c2ccc(F)cc2)C(=O)O1.CC(C)(C)C[C@H]1CN(c2ccc(N3CCN(C(=O)CO)CC3)c(F)c2)C(=O)O1.CC(C)(C)C[C@H]1CN(c2ccc(N3CCOCC3)c(F)c2)C(=O)O1.CC(C)(C)C[C@H]1CN(c2cccc(F)c2)C(=O)O1. The fraction of sp³-hybridized carbons (Fsp3) is 0.525. The van der Waals surface area contributed by atoms with Crippen LogP contribution in [0.15, 0.2) is 146 Å². The number of aliphatic hydroxyl groups is 1. The zero-order valence-corrected chi connectivity index (χ0v) is 79.0. The summed E-state index contributed by atoms with van der Waals surface area (Å²) in [7, 11) is 0. The third-order valence-corrected chi connectivity index (χ3v) is 22.1. The Morgan fingerprint density at radius 2 is 0.664 bits per heavy atom. The number of aromatic nitrogens is 2. The van der Waals surface area contributed by atoms with Crippen molar-refractivity contribution < 1.29 is 98.6 Å². The minimum Gasteiger partial charge on any atom is -0.444 e. The number of piperazine rings is 1. The van der Waals surface area contributed by atoms with Crippen LogP contribution < -0.4 is 39.2 Å². The molecule has 8 aliphatic heterocycles. The van der Waals surface area contributed by atoms with Crippen LogP contribution in [0.4, 0.5) is 96.2 Å². The average Bonchev–Trinajstić information content (AvgIpc) is 1.77. The highest BCUT2D eigenvalue weighted by Crippen LogP contribution is 2.39. The topological polar surface area (TPSA) is 268 Å². The summed E-state index contributed by atoms with van der Waals surface area (Å²) in [6.45, 7) is 46.3. The lowest BCUT2D eigenvalue weighted by Crippen LogP contribution is -2.49. The van der Waals surface area contributed by atoms with Gasteiger partial charge in [-0.3, -0.25) is 39.0 Å². The van der Waals surface area contributed by atoms with Crippen molar-refractivity contribution in [1.82, 2.24) is 14.5 Å². The molecule has 0 radical (unpaired) electrons. The van der Waals surface area contributed by atoms with E-state index in [-0.39, 0.29) is 110 Å². The normalized spacial score (nSPS) is 20.1. The molecule has 0 bridgehead atoms. The first-order valence-electron chi connectivity index (χ1n) is 44.7. The van der Waals surface area contributed by atoms with Crippen LogP contribution in [0.2, 0.25) is 0 Å². The molecular formula is C99H130F5N11O16. The van der Waals surface area contributed by atoms with Gasteiger partial charge in [0.25, 0.3) is 0 Å². The Bertz CT molecular complexity index is 5070. The second-order valence-electron chi connectivity index (χ2n) is 41.3. The monoisotopic (exact) mass is 1820 g/mol. The number of hydrogen-bond donors (Lipinski definition) is 1. The highest BCUT2D eigenvalue weighted by molar-refractivity contribution is 5.96. The number of imidazole rings is 1. The highest BCUT2D eigenvalue weighted by Gasteiger charge is 2.42. The van der Waals surface area contributed by atoms with Crippen molar-refractivity contribution >= 4 is 93.7 Å². The highest BCUT2D eigenvalue weighted by atomic mass is 19.1. The molecule has 0 unspecified atom stereocenters. The predicted octanol–water partition coefficient (Wildman–Crippen LogP) is 20.2. The van der Waals surface area contributed by atoms with Crippen molar-refractivity contribution in [3.05, 3.63) is 181 Å². The lowest BCUT2D eigenvalue weighted by Gasteiger charge is -2.36. The van der Waals surface area contributed by atoms with Gasteiger partial charge in [-0.25, -0.2) is 55.7 Å². The number of carbonyl (C=O) groups is 8. The van der Waals surface area contributed by atoms with Gasteiger partial charge in [-0.05, 0) is 199 Å². The molecule has 7 aromatic rings. The van der Waals surface area contributed by atoms with Crippen LogP contribution in [0, 0.1) is 61.6 Å². The number of halogens is 5. The van der Waals surface area contributed by atoms with E-state index in [2.05, 4.69) is 130 Å². The molecule has 0 aliphatic carbocycles. The van der Waals surface area contributed by atoms with Crippen LogP contribution in [-0.4, -0.2) is 203 Å². The zero-order valence-electron chi connectivity index (χ0n) is 79.0. The summed E-state index contributed by atoms with van der Waals surface area (Å²) in [5.41, 5.74) is 6.10. The molecule has 27 nitrogen and oxygen atoms in total. The first-order chi connectivity index (χ1) is 61.3. The predicted molar refractivity (Wildman–Crippen MR) is 495 cm³/mol. The second-order valence-corrected chi connectivity index (χ2v) is 41.3. The molecule has 712 valence electrons. The zero-order chi connectivity index (χ0) is 96.0. The molecule has 8 fully saturated rings. The van der Waals surface area contributed by atoms with Crippen LogP contribution in [-0.2, 0) is 38.0 Å². The number of aliphatic hydroxyl groups excluding tert-OH is 1. The number of cyclic esters (lactones) is 6. The number of Topliss-reactive ketones (excluding diaryl/α,β-unsaturated/α-hetero) is 1. The van der Waals surface area contributed by atoms with E-state index < -0.39 is 42.6 Å². The molecule has 131 heavy (non-hydrogen) atoms. The van der Waals surface area contributed by atoms with Crippen molar-refractivity contribution in [2.45, 2.75) is 207 Å². The van der Waals surface area contributed by atoms with Gasteiger partial charge in [0.2, 0.25) is 5.91 Å². The van der Waals surface area contributed by atoms with Gasteiger partial charge in [-0.15, -0.1) is 0 Å². The van der Waals surface area contributed by atoms with E-state index in [0.29, 0.717) is 143 Å². The number of benzene rings is 6. The number of rotatable bonds is 17. The number of amides is 7. The van der Waals surface area contributed by atoms with Crippen molar-refractivity contribution in [3.8, 4) is 5.69 Å². The maximum absolute atomic E-state index is 14.8. The van der Waals surface area contributed by atoms with Crippen molar-refractivity contribution in [1.29, 1.82) is 0 Å². The summed E-state index contributed by atoms with van der Waals surface area (Å²) >= 11 is 0. The van der Waals surface area contributed by atoms with Gasteiger partial charge in [0.15, 0.2) is 5.78 Å². The number of morpholine rings is 1. The molecule has 8 aliphatic rings. The van der Waals surface area contributed by atoms with Gasteiger partial charge in [-0.2, -0.15) is 0 Å². The maximum atomic E-state index is 14.8. The van der Waals surface area contributed by atoms with E-state index in [1.165, 1.54) is 75.3 Å². The number of ketones is 1. The Morgan fingerprint density at radius 1 is 0.366 bits per heavy atom. The molecule has 9 heterocycles. The average molecular weight is 1830 g/mol.